The maximum absolute atomic E-state index is 12.4. The first-order chi connectivity index (χ1) is 13.8. The third kappa shape index (κ3) is 5.52. The Hall–Kier alpha value is -2.97. The smallest absolute Gasteiger partial charge is 0.271 e. The zero-order valence-corrected chi connectivity index (χ0v) is 17.9. The molecule has 148 valence electrons. The maximum Gasteiger partial charge on any atom is 0.271 e. The number of hydrogen-bond donors (Lipinski definition) is 2. The van der Waals surface area contributed by atoms with E-state index in [2.05, 4.69) is 31.2 Å². The number of hydrazone groups is 1. The minimum Gasteiger partial charge on any atom is -0.280 e. The molecule has 0 aliphatic rings. The summed E-state index contributed by atoms with van der Waals surface area (Å²) in [6.45, 7) is 1.89. The quantitative estimate of drug-likeness (QED) is 0.414. The Bertz CT molecular complexity index is 1140. The average molecular weight is 472 g/mol. The summed E-state index contributed by atoms with van der Waals surface area (Å²) in [6, 6.07) is 20.1. The molecular formula is C21H18BrN3O3S. The molecule has 0 bridgehead atoms. The Morgan fingerprint density at radius 3 is 2.28 bits per heavy atom. The van der Waals surface area contributed by atoms with E-state index < -0.39 is 15.9 Å². The number of aryl methyl sites for hydroxylation is 1. The largest absolute Gasteiger partial charge is 0.280 e. The second-order valence-electron chi connectivity index (χ2n) is 6.22. The summed E-state index contributed by atoms with van der Waals surface area (Å²) in [6.07, 6.45) is 1.53. The molecule has 3 aromatic rings. The summed E-state index contributed by atoms with van der Waals surface area (Å²) < 4.78 is 28.2. The van der Waals surface area contributed by atoms with Crippen LogP contribution in [0.15, 0.2) is 87.3 Å². The van der Waals surface area contributed by atoms with Crippen LogP contribution in [0.3, 0.4) is 0 Å². The van der Waals surface area contributed by atoms with Crippen molar-refractivity contribution < 1.29 is 13.2 Å². The van der Waals surface area contributed by atoms with Crippen LogP contribution in [0.5, 0.6) is 0 Å². The van der Waals surface area contributed by atoms with Crippen LogP contribution >= 0.6 is 15.9 Å². The van der Waals surface area contributed by atoms with Crippen molar-refractivity contribution in [2.24, 2.45) is 5.10 Å². The molecule has 0 atom stereocenters. The lowest BCUT2D eigenvalue weighted by Crippen LogP contribution is -2.18. The van der Waals surface area contributed by atoms with Gasteiger partial charge in [-0.2, -0.15) is 5.10 Å². The van der Waals surface area contributed by atoms with Crippen LogP contribution in [0.1, 0.15) is 21.5 Å². The number of hydrogen-bond acceptors (Lipinski definition) is 4. The van der Waals surface area contributed by atoms with Gasteiger partial charge in [-0.25, -0.2) is 13.8 Å². The van der Waals surface area contributed by atoms with Gasteiger partial charge in [0.25, 0.3) is 15.9 Å². The van der Waals surface area contributed by atoms with E-state index in [1.54, 1.807) is 24.3 Å². The molecule has 0 unspecified atom stereocenters. The molecule has 6 nitrogen and oxygen atoms in total. The Kier molecular flexibility index (Phi) is 6.46. The lowest BCUT2D eigenvalue weighted by Gasteiger charge is -2.09. The molecular weight excluding hydrogens is 454 g/mol. The highest BCUT2D eigenvalue weighted by Crippen LogP contribution is 2.17. The molecule has 2 N–H and O–H groups in total. The molecule has 0 radical (unpaired) electrons. The molecule has 0 spiro atoms. The third-order valence-electron chi connectivity index (χ3n) is 4.01. The number of anilines is 1. The van der Waals surface area contributed by atoms with Gasteiger partial charge in [0.15, 0.2) is 0 Å². The van der Waals surface area contributed by atoms with Crippen molar-refractivity contribution in [1.82, 2.24) is 5.43 Å². The highest BCUT2D eigenvalue weighted by Gasteiger charge is 2.14. The monoisotopic (exact) mass is 471 g/mol. The molecule has 1 amide bonds. The lowest BCUT2D eigenvalue weighted by atomic mass is 10.2. The van der Waals surface area contributed by atoms with E-state index in [4.69, 9.17) is 0 Å². The number of halogens is 1. The predicted octanol–water partition coefficient (Wildman–Crippen LogP) is 4.32. The normalized spacial score (nSPS) is 11.4. The van der Waals surface area contributed by atoms with E-state index in [1.165, 1.54) is 30.5 Å². The lowest BCUT2D eigenvalue weighted by molar-refractivity contribution is 0.0955. The van der Waals surface area contributed by atoms with Crippen molar-refractivity contribution in [3.05, 3.63) is 94.0 Å². The first-order valence-corrected chi connectivity index (χ1v) is 10.9. The van der Waals surface area contributed by atoms with Gasteiger partial charge < -0.3 is 0 Å². The third-order valence-corrected chi connectivity index (χ3v) is 6.12. The maximum atomic E-state index is 12.4. The van der Waals surface area contributed by atoms with Gasteiger partial charge >= 0.3 is 0 Å². The fraction of sp³-hybridized carbons (Fsp3) is 0.0476. The van der Waals surface area contributed by atoms with E-state index in [0.717, 1.165) is 15.6 Å². The van der Waals surface area contributed by atoms with E-state index >= 15 is 0 Å². The SMILES string of the molecule is Cc1ccc(S(=O)(=O)Nc2ccc(C(=O)NN=Cc3ccccc3Br)cc2)cc1. The van der Waals surface area contributed by atoms with Crippen molar-refractivity contribution in [3.63, 3.8) is 0 Å². The van der Waals surface area contributed by atoms with Gasteiger partial charge in [-0.1, -0.05) is 51.8 Å². The van der Waals surface area contributed by atoms with Crippen LogP contribution in [0.4, 0.5) is 5.69 Å². The van der Waals surface area contributed by atoms with Crippen LogP contribution in [0.2, 0.25) is 0 Å². The number of carbonyl (C=O) groups excluding carboxylic acids is 1. The molecule has 0 aliphatic carbocycles. The summed E-state index contributed by atoms with van der Waals surface area (Å²) in [4.78, 5) is 12.4. The van der Waals surface area contributed by atoms with Gasteiger partial charge in [-0.05, 0) is 49.4 Å². The second-order valence-corrected chi connectivity index (χ2v) is 8.75. The summed E-state index contributed by atoms with van der Waals surface area (Å²) in [7, 11) is -3.69. The molecule has 3 rings (SSSR count). The summed E-state index contributed by atoms with van der Waals surface area (Å²) in [5.41, 5.74) is 4.96. The molecule has 0 fully saturated rings. The molecule has 8 heteroatoms. The van der Waals surface area contributed by atoms with E-state index in [1.807, 2.05) is 31.2 Å². The van der Waals surface area contributed by atoms with Gasteiger partial charge in [0.1, 0.15) is 0 Å². The standard InChI is InChI=1S/C21H18BrN3O3S/c1-15-6-12-19(13-7-15)29(27,28)25-18-10-8-16(9-11-18)21(26)24-23-14-17-4-2-3-5-20(17)22/h2-14,25H,1H3,(H,24,26). The molecule has 0 heterocycles. The topological polar surface area (TPSA) is 87.6 Å². The van der Waals surface area contributed by atoms with Crippen LogP contribution in [-0.2, 0) is 10.0 Å². The summed E-state index contributed by atoms with van der Waals surface area (Å²) in [5, 5.41) is 3.94. The first-order valence-electron chi connectivity index (χ1n) is 8.63. The number of benzene rings is 3. The minimum atomic E-state index is -3.69. The summed E-state index contributed by atoms with van der Waals surface area (Å²) in [5.74, 6) is -0.402. The van der Waals surface area contributed by atoms with Gasteiger partial charge in [-0.3, -0.25) is 9.52 Å². The van der Waals surface area contributed by atoms with Gasteiger partial charge in [0.05, 0.1) is 11.1 Å². The Balaban J connectivity index is 1.64. The van der Waals surface area contributed by atoms with Crippen LogP contribution in [0.25, 0.3) is 0 Å². The molecule has 0 aromatic heterocycles. The highest BCUT2D eigenvalue weighted by atomic mass is 79.9. The van der Waals surface area contributed by atoms with Crippen LogP contribution in [-0.4, -0.2) is 20.5 Å². The number of nitrogens with zero attached hydrogens (tertiary/aromatic N) is 1. The minimum absolute atomic E-state index is 0.173. The first kappa shape index (κ1) is 20.8. The zero-order chi connectivity index (χ0) is 20.9. The fourth-order valence-corrected chi connectivity index (χ4v) is 3.87. The van der Waals surface area contributed by atoms with Gasteiger partial charge in [-0.15, -0.1) is 0 Å². The van der Waals surface area contributed by atoms with E-state index in [-0.39, 0.29) is 4.90 Å². The summed E-state index contributed by atoms with van der Waals surface area (Å²) >= 11 is 3.40. The molecule has 3 aromatic carbocycles. The zero-order valence-electron chi connectivity index (χ0n) is 15.5. The molecule has 0 aliphatic heterocycles. The molecule has 0 saturated heterocycles. The van der Waals surface area contributed by atoms with E-state index in [9.17, 15) is 13.2 Å². The Morgan fingerprint density at radius 2 is 1.62 bits per heavy atom. The Labute approximate surface area is 177 Å². The number of amides is 1. The predicted molar refractivity (Wildman–Crippen MR) is 118 cm³/mol. The van der Waals surface area contributed by atoms with Crippen molar-refractivity contribution in [2.45, 2.75) is 11.8 Å². The van der Waals surface area contributed by atoms with Crippen molar-refractivity contribution in [1.29, 1.82) is 0 Å². The average Bonchev–Trinajstić information content (AvgIpc) is 2.70. The Morgan fingerprint density at radius 1 is 0.966 bits per heavy atom. The number of nitrogens with one attached hydrogen (secondary N) is 2. The number of carbonyl (C=O) groups is 1. The van der Waals surface area contributed by atoms with Gasteiger partial charge in [0.2, 0.25) is 0 Å². The highest BCUT2D eigenvalue weighted by molar-refractivity contribution is 9.10. The van der Waals surface area contributed by atoms with E-state index in [0.29, 0.717) is 11.3 Å². The van der Waals surface area contributed by atoms with Crippen molar-refractivity contribution in [3.8, 4) is 0 Å². The van der Waals surface area contributed by atoms with Gasteiger partial charge in [0, 0.05) is 21.3 Å². The van der Waals surface area contributed by atoms with Crippen molar-refractivity contribution in [2.75, 3.05) is 4.72 Å². The van der Waals surface area contributed by atoms with Crippen molar-refractivity contribution >= 4 is 43.8 Å². The fourth-order valence-electron chi connectivity index (χ4n) is 2.43. The second kappa shape index (κ2) is 9.02. The number of sulfonamides is 1. The van der Waals surface area contributed by atoms with Crippen LogP contribution < -0.4 is 10.1 Å². The molecule has 29 heavy (non-hydrogen) atoms. The molecule has 0 saturated carbocycles. The number of rotatable bonds is 6. The van der Waals surface area contributed by atoms with Crippen LogP contribution in [0, 0.1) is 6.92 Å².